The molecule has 0 radical (unpaired) electrons. The van der Waals surface area contributed by atoms with E-state index < -0.39 is 15.9 Å². The van der Waals surface area contributed by atoms with Crippen molar-refractivity contribution in [1.82, 2.24) is 5.32 Å². The van der Waals surface area contributed by atoms with Gasteiger partial charge in [0, 0.05) is 5.69 Å². The minimum Gasteiger partial charge on any atom is -0.496 e. The molecular weight excluding hydrogens is 359 g/mol. The number of rotatable bonds is 5. The van der Waals surface area contributed by atoms with Crippen molar-refractivity contribution < 1.29 is 9.53 Å². The predicted octanol–water partition coefficient (Wildman–Crippen LogP) is 4.23. The minimum atomic E-state index is -1.74. The molecule has 0 fully saturated rings. The van der Waals surface area contributed by atoms with Gasteiger partial charge in [-0.15, -0.1) is 0 Å². The first-order valence-corrected chi connectivity index (χ1v) is 7.87. The lowest BCUT2D eigenvalue weighted by Crippen LogP contribution is -2.49. The maximum Gasteiger partial charge on any atom is 0.256 e. The summed E-state index contributed by atoms with van der Waals surface area (Å²) in [4.78, 5) is 12.5. The number of para-hydroxylation sites is 2. The van der Waals surface area contributed by atoms with Crippen LogP contribution in [-0.4, -0.2) is 23.0 Å². The largest absolute Gasteiger partial charge is 0.496 e. The zero-order chi connectivity index (χ0) is 16.9. The van der Waals surface area contributed by atoms with Crippen molar-refractivity contribution in [2.75, 3.05) is 12.4 Å². The van der Waals surface area contributed by atoms with Crippen molar-refractivity contribution in [2.45, 2.75) is 9.96 Å². The number of methoxy groups -OCH3 is 1. The summed E-state index contributed by atoms with van der Waals surface area (Å²) in [7, 11) is 1.49. The molecule has 0 aliphatic heterocycles. The highest BCUT2D eigenvalue weighted by atomic mass is 35.6. The summed E-state index contributed by atoms with van der Waals surface area (Å²) < 4.78 is 3.43. The minimum absolute atomic E-state index is 0.351. The van der Waals surface area contributed by atoms with Crippen molar-refractivity contribution in [3.05, 3.63) is 60.2 Å². The fourth-order valence-corrected chi connectivity index (χ4v) is 2.27. The lowest BCUT2D eigenvalue weighted by atomic mass is 10.2. The van der Waals surface area contributed by atoms with Crippen LogP contribution in [0, 0.1) is 0 Å². The van der Waals surface area contributed by atoms with Crippen LogP contribution in [0.2, 0.25) is 0 Å². The maximum absolute atomic E-state index is 12.5. The molecule has 0 saturated carbocycles. The van der Waals surface area contributed by atoms with E-state index in [1.165, 1.54) is 7.11 Å². The topological polar surface area (TPSA) is 50.4 Å². The number of carbonyl (C=O) groups is 1. The third kappa shape index (κ3) is 4.93. The first-order valence-electron chi connectivity index (χ1n) is 6.74. The summed E-state index contributed by atoms with van der Waals surface area (Å²) in [5, 5.41) is 5.66. The van der Waals surface area contributed by atoms with Crippen LogP contribution in [0.15, 0.2) is 54.6 Å². The second-order valence-electron chi connectivity index (χ2n) is 4.66. The molecular formula is C16H15Cl3N2O2. The van der Waals surface area contributed by atoms with Crippen LogP contribution in [0.3, 0.4) is 0 Å². The Morgan fingerprint density at radius 3 is 2.26 bits per heavy atom. The van der Waals surface area contributed by atoms with Gasteiger partial charge in [0.15, 0.2) is 0 Å². The third-order valence-electron chi connectivity index (χ3n) is 3.04. The van der Waals surface area contributed by atoms with E-state index in [0.29, 0.717) is 17.0 Å². The van der Waals surface area contributed by atoms with Gasteiger partial charge in [0.2, 0.25) is 3.79 Å². The first kappa shape index (κ1) is 17.7. The Bertz CT molecular complexity index is 660. The molecule has 0 saturated heterocycles. The number of benzene rings is 2. The molecule has 7 heteroatoms. The molecule has 1 amide bonds. The molecule has 4 nitrogen and oxygen atoms in total. The summed E-state index contributed by atoms with van der Waals surface area (Å²) in [5.74, 6) is 0.0231. The Labute approximate surface area is 149 Å². The molecule has 0 aliphatic carbocycles. The summed E-state index contributed by atoms with van der Waals surface area (Å²) in [6, 6.07) is 16.0. The molecule has 0 aliphatic rings. The second-order valence-corrected chi connectivity index (χ2v) is 7.03. The molecule has 2 rings (SSSR count). The number of hydrogen-bond donors (Lipinski definition) is 2. The zero-order valence-electron chi connectivity index (χ0n) is 12.2. The van der Waals surface area contributed by atoms with Gasteiger partial charge >= 0.3 is 0 Å². The SMILES string of the molecule is COc1ccccc1C(=O)N[C@H](Nc1ccccc1)C(Cl)(Cl)Cl. The molecule has 2 N–H and O–H groups in total. The van der Waals surface area contributed by atoms with Crippen LogP contribution in [-0.2, 0) is 0 Å². The first-order chi connectivity index (χ1) is 10.9. The highest BCUT2D eigenvalue weighted by molar-refractivity contribution is 6.68. The van der Waals surface area contributed by atoms with Crippen LogP contribution >= 0.6 is 34.8 Å². The Kier molecular flexibility index (Phi) is 5.99. The molecule has 0 aromatic heterocycles. The Morgan fingerprint density at radius 2 is 1.65 bits per heavy atom. The summed E-state index contributed by atoms with van der Waals surface area (Å²) in [5.41, 5.74) is 1.06. The van der Waals surface area contributed by atoms with Gasteiger partial charge in [0.05, 0.1) is 12.7 Å². The molecule has 0 unspecified atom stereocenters. The fraction of sp³-hybridized carbons (Fsp3) is 0.188. The standard InChI is InChI=1S/C16H15Cl3N2O2/c1-23-13-10-6-5-9-12(13)14(22)21-15(16(17,18)19)20-11-7-3-2-4-8-11/h2-10,15,20H,1H3,(H,21,22)/t15-/m0/s1. The van der Waals surface area contributed by atoms with Gasteiger partial charge < -0.3 is 15.4 Å². The number of nitrogens with one attached hydrogen (secondary N) is 2. The number of alkyl halides is 3. The van der Waals surface area contributed by atoms with Gasteiger partial charge in [-0.2, -0.15) is 0 Å². The normalized spacial score (nSPS) is 12.3. The lowest BCUT2D eigenvalue weighted by Gasteiger charge is -2.27. The van der Waals surface area contributed by atoms with Crippen molar-refractivity contribution >= 4 is 46.4 Å². The van der Waals surface area contributed by atoms with E-state index >= 15 is 0 Å². The van der Waals surface area contributed by atoms with E-state index in [0.717, 1.165) is 0 Å². The predicted molar refractivity (Wildman–Crippen MR) is 94.6 cm³/mol. The van der Waals surface area contributed by atoms with E-state index in [1.807, 2.05) is 18.2 Å². The number of hydrogen-bond acceptors (Lipinski definition) is 3. The van der Waals surface area contributed by atoms with Crippen LogP contribution in [0.4, 0.5) is 5.69 Å². The molecule has 2 aromatic carbocycles. The number of anilines is 1. The number of carbonyl (C=O) groups excluding carboxylic acids is 1. The fourth-order valence-electron chi connectivity index (χ4n) is 1.94. The molecule has 0 heterocycles. The van der Waals surface area contributed by atoms with Gasteiger partial charge in [0.1, 0.15) is 11.9 Å². The molecule has 2 aromatic rings. The van der Waals surface area contributed by atoms with Gasteiger partial charge in [0.25, 0.3) is 5.91 Å². The van der Waals surface area contributed by atoms with E-state index in [-0.39, 0.29) is 0 Å². The summed E-state index contributed by atoms with van der Waals surface area (Å²) in [6.45, 7) is 0. The van der Waals surface area contributed by atoms with E-state index in [2.05, 4.69) is 10.6 Å². The zero-order valence-corrected chi connectivity index (χ0v) is 14.5. The summed E-state index contributed by atoms with van der Waals surface area (Å²) in [6.07, 6.45) is -0.924. The van der Waals surface area contributed by atoms with E-state index in [1.54, 1.807) is 36.4 Å². The van der Waals surface area contributed by atoms with Gasteiger partial charge in [-0.1, -0.05) is 65.1 Å². The van der Waals surface area contributed by atoms with Crippen molar-refractivity contribution in [3.8, 4) is 5.75 Å². The molecule has 122 valence electrons. The molecule has 0 spiro atoms. The molecule has 23 heavy (non-hydrogen) atoms. The number of ether oxygens (including phenoxy) is 1. The Hall–Kier alpha value is -1.62. The van der Waals surface area contributed by atoms with Crippen LogP contribution in [0.1, 0.15) is 10.4 Å². The third-order valence-corrected chi connectivity index (χ3v) is 3.69. The smallest absolute Gasteiger partial charge is 0.256 e. The van der Waals surface area contributed by atoms with E-state index in [9.17, 15) is 4.79 Å². The molecule has 0 bridgehead atoms. The Balaban J connectivity index is 2.19. The van der Waals surface area contributed by atoms with Gasteiger partial charge in [-0.3, -0.25) is 4.79 Å². The van der Waals surface area contributed by atoms with Crippen molar-refractivity contribution in [1.29, 1.82) is 0 Å². The van der Waals surface area contributed by atoms with Crippen LogP contribution in [0.5, 0.6) is 5.75 Å². The lowest BCUT2D eigenvalue weighted by molar-refractivity contribution is 0.0939. The highest BCUT2D eigenvalue weighted by Crippen LogP contribution is 2.31. The van der Waals surface area contributed by atoms with Crippen LogP contribution < -0.4 is 15.4 Å². The maximum atomic E-state index is 12.5. The highest BCUT2D eigenvalue weighted by Gasteiger charge is 2.34. The molecule has 1 atom stereocenters. The van der Waals surface area contributed by atoms with Crippen molar-refractivity contribution in [2.24, 2.45) is 0 Å². The number of amides is 1. The average Bonchev–Trinajstić information content (AvgIpc) is 2.54. The monoisotopic (exact) mass is 372 g/mol. The van der Waals surface area contributed by atoms with Gasteiger partial charge in [-0.05, 0) is 24.3 Å². The summed E-state index contributed by atoms with van der Waals surface area (Å²) >= 11 is 17.9. The van der Waals surface area contributed by atoms with E-state index in [4.69, 9.17) is 39.5 Å². The van der Waals surface area contributed by atoms with Crippen molar-refractivity contribution in [3.63, 3.8) is 0 Å². The quantitative estimate of drug-likeness (QED) is 0.609. The number of halogens is 3. The van der Waals surface area contributed by atoms with Crippen LogP contribution in [0.25, 0.3) is 0 Å². The second kappa shape index (κ2) is 7.77. The average molecular weight is 374 g/mol. The van der Waals surface area contributed by atoms with Gasteiger partial charge in [-0.25, -0.2) is 0 Å². The Morgan fingerprint density at radius 1 is 1.04 bits per heavy atom.